The molecule has 0 saturated heterocycles. The van der Waals surface area contributed by atoms with Gasteiger partial charge in [-0.3, -0.25) is 9.59 Å². The molecule has 1 atom stereocenters. The number of benzene rings is 2. The van der Waals surface area contributed by atoms with E-state index in [1.165, 1.54) is 6.92 Å². The van der Waals surface area contributed by atoms with E-state index >= 15 is 0 Å². The molecule has 0 fully saturated rings. The lowest BCUT2D eigenvalue weighted by Gasteiger charge is -2.14. The largest absolute Gasteiger partial charge is 0.479 e. The predicted molar refractivity (Wildman–Crippen MR) is 95.3 cm³/mol. The minimum Gasteiger partial charge on any atom is -0.479 e. The van der Waals surface area contributed by atoms with Crippen LogP contribution in [0.2, 0.25) is 0 Å². The average Bonchev–Trinajstić information content (AvgIpc) is 3.05. The summed E-state index contributed by atoms with van der Waals surface area (Å²) in [6.45, 7) is 1.09. The van der Waals surface area contributed by atoms with Gasteiger partial charge in [-0.15, -0.1) is 0 Å². The van der Waals surface area contributed by atoms with Gasteiger partial charge >= 0.3 is 5.97 Å². The van der Waals surface area contributed by atoms with Crippen LogP contribution < -0.4 is 10.1 Å². The van der Waals surface area contributed by atoms with Gasteiger partial charge in [0.1, 0.15) is 5.75 Å². The van der Waals surface area contributed by atoms with Crippen molar-refractivity contribution in [2.75, 3.05) is 11.9 Å². The molecule has 0 aromatic heterocycles. The van der Waals surface area contributed by atoms with E-state index < -0.39 is 18.7 Å². The number of hydrogen-bond acceptors (Lipinski definition) is 6. The van der Waals surface area contributed by atoms with Crippen LogP contribution in [0.4, 0.5) is 5.69 Å². The number of ether oxygens (including phenoxy) is 2. The molecule has 1 aliphatic rings. The molecular formula is C20H16N2O5. The third kappa shape index (κ3) is 4.30. The third-order valence-electron chi connectivity index (χ3n) is 4.03. The molecule has 0 unspecified atom stereocenters. The SMILES string of the molecule is C[C@@H](Oc1ccc(C#N)cc1)C(=O)OCC(=O)c1ccc2c(c1)CC(=O)N2. The Morgan fingerprint density at radius 3 is 2.67 bits per heavy atom. The van der Waals surface area contributed by atoms with Crippen LogP contribution in [0.5, 0.6) is 5.75 Å². The van der Waals surface area contributed by atoms with Crippen LogP contribution in [0.25, 0.3) is 0 Å². The maximum atomic E-state index is 12.2. The van der Waals surface area contributed by atoms with E-state index in [1.807, 2.05) is 6.07 Å². The number of nitriles is 1. The number of ketones is 1. The van der Waals surface area contributed by atoms with Crippen molar-refractivity contribution in [2.24, 2.45) is 0 Å². The molecular weight excluding hydrogens is 348 g/mol. The zero-order valence-electron chi connectivity index (χ0n) is 14.5. The monoisotopic (exact) mass is 364 g/mol. The van der Waals surface area contributed by atoms with Crippen LogP contribution >= 0.6 is 0 Å². The first-order valence-corrected chi connectivity index (χ1v) is 8.25. The number of carbonyl (C=O) groups excluding carboxylic acids is 3. The number of Topliss-reactive ketones (excluding diaryl/α,β-unsaturated/α-hetero) is 1. The highest BCUT2D eigenvalue weighted by molar-refractivity contribution is 6.02. The second-order valence-electron chi connectivity index (χ2n) is 6.02. The quantitative estimate of drug-likeness (QED) is 0.622. The first-order valence-electron chi connectivity index (χ1n) is 8.25. The van der Waals surface area contributed by atoms with Crippen LogP contribution in [0.15, 0.2) is 42.5 Å². The Labute approximate surface area is 155 Å². The van der Waals surface area contributed by atoms with Crippen molar-refractivity contribution in [3.05, 3.63) is 59.2 Å². The zero-order chi connectivity index (χ0) is 19.4. The Bertz CT molecular complexity index is 944. The Hall–Kier alpha value is -3.66. The summed E-state index contributed by atoms with van der Waals surface area (Å²) in [6, 6.07) is 13.2. The summed E-state index contributed by atoms with van der Waals surface area (Å²) in [5.74, 6) is -0.739. The van der Waals surface area contributed by atoms with Crippen LogP contribution in [0, 0.1) is 11.3 Å². The maximum Gasteiger partial charge on any atom is 0.347 e. The van der Waals surface area contributed by atoms with E-state index in [-0.39, 0.29) is 18.1 Å². The van der Waals surface area contributed by atoms with Gasteiger partial charge in [-0.05, 0) is 55.0 Å². The molecule has 1 amide bonds. The van der Waals surface area contributed by atoms with Crippen molar-refractivity contribution in [1.29, 1.82) is 5.26 Å². The summed E-state index contributed by atoms with van der Waals surface area (Å²) >= 11 is 0. The first kappa shape index (κ1) is 18.1. The lowest BCUT2D eigenvalue weighted by atomic mass is 10.1. The van der Waals surface area contributed by atoms with E-state index in [9.17, 15) is 14.4 Å². The van der Waals surface area contributed by atoms with Gasteiger partial charge in [-0.2, -0.15) is 5.26 Å². The number of nitrogens with one attached hydrogen (secondary N) is 1. The number of carbonyl (C=O) groups is 3. The summed E-state index contributed by atoms with van der Waals surface area (Å²) in [5, 5.41) is 11.5. The number of nitrogens with zero attached hydrogens (tertiary/aromatic N) is 1. The molecule has 3 rings (SSSR count). The molecule has 1 heterocycles. The summed E-state index contributed by atoms with van der Waals surface area (Å²) in [7, 11) is 0. The van der Waals surface area contributed by atoms with Gasteiger partial charge in [-0.1, -0.05) is 0 Å². The molecule has 0 bridgehead atoms. The van der Waals surface area contributed by atoms with Crippen molar-refractivity contribution in [3.8, 4) is 11.8 Å². The van der Waals surface area contributed by atoms with E-state index in [0.29, 0.717) is 22.6 Å². The molecule has 0 radical (unpaired) electrons. The summed E-state index contributed by atoms with van der Waals surface area (Å²) in [5.41, 5.74) is 2.29. The van der Waals surface area contributed by atoms with Gasteiger partial charge < -0.3 is 14.8 Å². The zero-order valence-corrected chi connectivity index (χ0v) is 14.5. The van der Waals surface area contributed by atoms with E-state index in [0.717, 1.165) is 5.56 Å². The highest BCUT2D eigenvalue weighted by Gasteiger charge is 2.21. The molecule has 2 aromatic rings. The number of hydrogen-bond donors (Lipinski definition) is 1. The fraction of sp³-hybridized carbons (Fsp3) is 0.200. The lowest BCUT2D eigenvalue weighted by Crippen LogP contribution is -2.28. The number of esters is 1. The summed E-state index contributed by atoms with van der Waals surface area (Å²) in [6.07, 6.45) is -0.682. The van der Waals surface area contributed by atoms with Gasteiger partial charge in [0.2, 0.25) is 5.91 Å². The first-order chi connectivity index (χ1) is 13.0. The Kier molecular flexibility index (Phi) is 5.18. The molecule has 0 spiro atoms. The molecule has 27 heavy (non-hydrogen) atoms. The number of fused-ring (bicyclic) bond motifs is 1. The van der Waals surface area contributed by atoms with E-state index in [2.05, 4.69) is 5.32 Å². The molecule has 136 valence electrons. The third-order valence-corrected chi connectivity index (χ3v) is 4.03. The minimum absolute atomic E-state index is 0.116. The number of anilines is 1. The summed E-state index contributed by atoms with van der Waals surface area (Å²) < 4.78 is 10.5. The molecule has 0 aliphatic carbocycles. The molecule has 1 aliphatic heterocycles. The highest BCUT2D eigenvalue weighted by atomic mass is 16.6. The van der Waals surface area contributed by atoms with Crippen LogP contribution in [-0.4, -0.2) is 30.4 Å². The molecule has 2 aromatic carbocycles. The molecule has 7 heteroatoms. The number of rotatable bonds is 6. The predicted octanol–water partition coefficient (Wildman–Crippen LogP) is 2.25. The van der Waals surface area contributed by atoms with Crippen molar-refractivity contribution < 1.29 is 23.9 Å². The van der Waals surface area contributed by atoms with Crippen molar-refractivity contribution >= 4 is 23.3 Å². The topological polar surface area (TPSA) is 105 Å². The second-order valence-corrected chi connectivity index (χ2v) is 6.02. The maximum absolute atomic E-state index is 12.2. The average molecular weight is 364 g/mol. The lowest BCUT2D eigenvalue weighted by molar-refractivity contribution is -0.149. The van der Waals surface area contributed by atoms with Gasteiger partial charge in [0.25, 0.3) is 0 Å². The van der Waals surface area contributed by atoms with Crippen LogP contribution in [0.3, 0.4) is 0 Å². The van der Waals surface area contributed by atoms with Crippen LogP contribution in [-0.2, 0) is 20.7 Å². The standard InChI is InChI=1S/C20H16N2O5/c1-12(27-16-5-2-13(10-21)3-6-16)20(25)26-11-18(23)14-4-7-17-15(8-14)9-19(24)22-17/h2-8,12H,9,11H2,1H3,(H,22,24)/t12-/m1/s1. The smallest absolute Gasteiger partial charge is 0.347 e. The molecule has 7 nitrogen and oxygen atoms in total. The van der Waals surface area contributed by atoms with E-state index in [4.69, 9.17) is 14.7 Å². The van der Waals surface area contributed by atoms with Gasteiger partial charge in [0, 0.05) is 11.3 Å². The Balaban J connectivity index is 1.53. The minimum atomic E-state index is -0.910. The Morgan fingerprint density at radius 2 is 1.96 bits per heavy atom. The van der Waals surface area contributed by atoms with Crippen molar-refractivity contribution in [1.82, 2.24) is 0 Å². The fourth-order valence-electron chi connectivity index (χ4n) is 2.60. The Morgan fingerprint density at radius 1 is 1.22 bits per heavy atom. The van der Waals surface area contributed by atoms with Crippen LogP contribution in [0.1, 0.15) is 28.4 Å². The second kappa shape index (κ2) is 7.70. The normalized spacial score (nSPS) is 13.1. The van der Waals surface area contributed by atoms with Crippen molar-refractivity contribution in [2.45, 2.75) is 19.4 Å². The fourth-order valence-corrected chi connectivity index (χ4v) is 2.60. The van der Waals surface area contributed by atoms with Gasteiger partial charge in [0.05, 0.1) is 18.1 Å². The number of amides is 1. The van der Waals surface area contributed by atoms with Crippen molar-refractivity contribution in [3.63, 3.8) is 0 Å². The molecule has 0 saturated carbocycles. The molecule has 1 N–H and O–H groups in total. The summed E-state index contributed by atoms with van der Waals surface area (Å²) in [4.78, 5) is 35.6. The van der Waals surface area contributed by atoms with Gasteiger partial charge in [-0.25, -0.2) is 4.79 Å². The van der Waals surface area contributed by atoms with Gasteiger partial charge in [0.15, 0.2) is 18.5 Å². The van der Waals surface area contributed by atoms with E-state index in [1.54, 1.807) is 42.5 Å². The highest BCUT2D eigenvalue weighted by Crippen LogP contribution is 2.24.